The summed E-state index contributed by atoms with van der Waals surface area (Å²) < 4.78 is 14.6. The molecule has 0 radical (unpaired) electrons. The summed E-state index contributed by atoms with van der Waals surface area (Å²) in [5, 5.41) is 2.43. The number of pyridine rings is 1. The van der Waals surface area contributed by atoms with Gasteiger partial charge in [0.15, 0.2) is 0 Å². The Labute approximate surface area is 341 Å². The quantitative estimate of drug-likeness (QED) is 0.161. The van der Waals surface area contributed by atoms with Crippen molar-refractivity contribution in [3.05, 3.63) is 148 Å². The number of benzene rings is 5. The molecule has 0 spiro atoms. The summed E-state index contributed by atoms with van der Waals surface area (Å²) in [7, 11) is 0. The summed E-state index contributed by atoms with van der Waals surface area (Å²) >= 11 is 2.44. The van der Waals surface area contributed by atoms with E-state index in [0.717, 1.165) is 54.0 Å². The average Bonchev–Trinajstić information content (AvgIpc) is 3.68. The number of para-hydroxylation sites is 2. The molecule has 3 aromatic heterocycles. The molecule has 9 rings (SSSR count). The number of aromatic nitrogens is 4. The molecule has 0 unspecified atom stereocenters. The van der Waals surface area contributed by atoms with E-state index in [2.05, 4.69) is 199 Å². The Balaban J connectivity index is 1.18. The fraction of sp³-hybridized carbons (Fsp3) is 0.280. The predicted molar refractivity (Wildman–Crippen MR) is 225 cm³/mol. The molecule has 0 amide bonds. The standard InChI is InChI=1S/C50H48N4O.Pt/c1-32-26-27-51-44(28-32)54-42-25-24-39-46(49(7,8)50(9,10)48(39,5)6)45(42)38-23-22-37(30-43(38)54)55-36-15-13-14-35(29-36)53-31-52(40-16-11-12-17-41(40)53)34-20-18-33(19-21-34)47(2,3)4;/h11-28H,1-10H3;/q-2;. The molecule has 6 heteroatoms. The molecule has 56 heavy (non-hydrogen) atoms. The van der Waals surface area contributed by atoms with E-state index in [1.165, 1.54) is 22.1 Å². The molecule has 1 aliphatic rings. The summed E-state index contributed by atoms with van der Waals surface area (Å²) in [5.41, 5.74) is 11.6. The molecule has 0 saturated carbocycles. The number of hydrogen-bond donors (Lipinski definition) is 0. The normalized spacial score (nSPS) is 15.9. The third-order valence-corrected chi connectivity index (χ3v) is 14.3. The Bertz CT molecular complexity index is 2930. The van der Waals surface area contributed by atoms with Gasteiger partial charge < -0.3 is 0 Å². The maximum atomic E-state index is 6.68. The molecule has 0 N–H and O–H groups in total. The van der Waals surface area contributed by atoms with E-state index in [-0.39, 0.29) is 21.7 Å². The Kier molecular flexibility index (Phi) is 8.18. The van der Waals surface area contributed by atoms with Crippen molar-refractivity contribution in [3.8, 4) is 28.7 Å². The summed E-state index contributed by atoms with van der Waals surface area (Å²) in [6, 6.07) is 44.0. The van der Waals surface area contributed by atoms with Gasteiger partial charge in [-0.15, -0.1) is 0 Å². The van der Waals surface area contributed by atoms with Gasteiger partial charge in [-0.25, -0.2) is 0 Å². The zero-order chi connectivity index (χ0) is 39.5. The fourth-order valence-corrected chi connectivity index (χ4v) is 10.1. The van der Waals surface area contributed by atoms with E-state index in [9.17, 15) is 0 Å². The number of aryl methyl sites for hydroxylation is 1. The van der Waals surface area contributed by atoms with E-state index < -0.39 is 0 Å². The van der Waals surface area contributed by atoms with E-state index >= 15 is 0 Å². The fourth-order valence-electron chi connectivity index (χ4n) is 8.99. The molecule has 286 valence electrons. The number of ether oxygens (including phenoxy) is 1. The van der Waals surface area contributed by atoms with Crippen molar-refractivity contribution in [1.82, 2.24) is 18.7 Å². The van der Waals surface area contributed by atoms with Gasteiger partial charge in [0, 0.05) is 6.20 Å². The molecule has 0 fully saturated rings. The number of rotatable bonds is 5. The topological polar surface area (TPSA) is 36.9 Å². The van der Waals surface area contributed by atoms with Gasteiger partial charge in [-0.3, -0.25) is 0 Å². The molecule has 0 saturated heterocycles. The van der Waals surface area contributed by atoms with Crippen LogP contribution in [0.25, 0.3) is 50.0 Å². The van der Waals surface area contributed by atoms with Crippen LogP contribution in [0.5, 0.6) is 11.5 Å². The van der Waals surface area contributed by atoms with E-state index in [1.54, 1.807) is 0 Å². The average molecular weight is 916 g/mol. The minimum absolute atomic E-state index is 0.0112. The number of fused-ring (bicyclic) bond motifs is 6. The van der Waals surface area contributed by atoms with Crippen molar-refractivity contribution in [1.29, 1.82) is 0 Å². The van der Waals surface area contributed by atoms with Gasteiger partial charge in [0.25, 0.3) is 0 Å². The SMILES string of the molecule is Cc1ccnc(-n2c3[c-]c(Oc4[c-]c(-n5[c](=[Pt])n(-c6ccc(C(C)(C)C)cc6)c6ccccc65)ccc4)ccc3c3c4c(ccc32)C(C)(C)C(C)(C)C4(C)C)c1. The van der Waals surface area contributed by atoms with Gasteiger partial charge in [-0.2, -0.15) is 0 Å². The Morgan fingerprint density at radius 2 is 1.38 bits per heavy atom. The maximum absolute atomic E-state index is 6.68. The van der Waals surface area contributed by atoms with Crippen LogP contribution < -0.4 is 4.74 Å². The molecule has 1 aliphatic carbocycles. The van der Waals surface area contributed by atoms with Crippen LogP contribution in [0.1, 0.15) is 84.6 Å². The first-order chi connectivity index (χ1) is 26.5. The van der Waals surface area contributed by atoms with E-state index in [0.29, 0.717) is 11.5 Å². The second-order valence-electron chi connectivity index (χ2n) is 18.1. The van der Waals surface area contributed by atoms with Crippen LogP contribution in [0.4, 0.5) is 0 Å². The Morgan fingerprint density at radius 1 is 0.679 bits per heavy atom. The molecule has 0 atom stereocenters. The Hall–Kier alpha value is -4.99. The van der Waals surface area contributed by atoms with Crippen molar-refractivity contribution >= 4 is 32.8 Å². The van der Waals surface area contributed by atoms with Crippen molar-refractivity contribution < 1.29 is 24.1 Å². The van der Waals surface area contributed by atoms with Gasteiger partial charge in [0.05, 0.1) is 0 Å². The molecule has 5 aromatic carbocycles. The van der Waals surface area contributed by atoms with Crippen LogP contribution in [0.3, 0.4) is 0 Å². The van der Waals surface area contributed by atoms with Gasteiger partial charge in [-0.05, 0) is 40.4 Å². The first-order valence-electron chi connectivity index (χ1n) is 19.5. The molecule has 3 heterocycles. The van der Waals surface area contributed by atoms with E-state index in [1.807, 2.05) is 24.4 Å². The van der Waals surface area contributed by atoms with Crippen molar-refractivity contribution in [3.63, 3.8) is 0 Å². The van der Waals surface area contributed by atoms with E-state index in [4.69, 9.17) is 9.72 Å². The Morgan fingerprint density at radius 3 is 2.07 bits per heavy atom. The summed E-state index contributed by atoms with van der Waals surface area (Å²) in [4.78, 5) is 4.89. The summed E-state index contributed by atoms with van der Waals surface area (Å²) in [6.45, 7) is 23.3. The smallest absolute Gasteiger partial charge is 0.0582 e. The zero-order valence-electron chi connectivity index (χ0n) is 33.9. The monoisotopic (exact) mass is 915 g/mol. The predicted octanol–water partition coefficient (Wildman–Crippen LogP) is 12.6. The minimum Gasteiger partial charge on any atom is -0.0582 e. The van der Waals surface area contributed by atoms with Crippen LogP contribution in [0, 0.1) is 28.3 Å². The number of nitrogens with zero attached hydrogens (tertiary/aromatic N) is 4. The van der Waals surface area contributed by atoms with Crippen molar-refractivity contribution in [2.45, 2.75) is 85.5 Å². The van der Waals surface area contributed by atoms with Crippen LogP contribution in [-0.4, -0.2) is 18.7 Å². The molecular weight excluding hydrogens is 868 g/mol. The minimum atomic E-state index is -0.0801. The van der Waals surface area contributed by atoms with Crippen LogP contribution in [-0.2, 0) is 35.6 Å². The first kappa shape index (κ1) is 36.6. The van der Waals surface area contributed by atoms with Crippen LogP contribution in [0.2, 0.25) is 0 Å². The summed E-state index contributed by atoms with van der Waals surface area (Å²) in [5.74, 6) is 2.12. The summed E-state index contributed by atoms with van der Waals surface area (Å²) in [6.07, 6.45) is 1.89. The third-order valence-electron chi connectivity index (χ3n) is 13.3. The number of hydrogen-bond acceptors (Lipinski definition) is 2. The second-order valence-corrected chi connectivity index (χ2v) is 19.1. The molecule has 5 nitrogen and oxygen atoms in total. The van der Waals surface area contributed by atoms with Gasteiger partial charge >= 0.3 is 249 Å². The van der Waals surface area contributed by atoms with Crippen LogP contribution in [0.15, 0.2) is 109 Å². The van der Waals surface area contributed by atoms with Gasteiger partial charge in [-0.1, -0.05) is 47.6 Å². The first-order valence-corrected chi connectivity index (χ1v) is 20.6. The van der Waals surface area contributed by atoms with Gasteiger partial charge in [0.1, 0.15) is 0 Å². The molecular formula is C50H48N4OPt-2. The van der Waals surface area contributed by atoms with Gasteiger partial charge in [0.2, 0.25) is 0 Å². The van der Waals surface area contributed by atoms with Crippen molar-refractivity contribution in [2.24, 2.45) is 5.41 Å². The molecule has 0 aliphatic heterocycles. The molecule has 8 aromatic rings. The van der Waals surface area contributed by atoms with Crippen LogP contribution >= 0.6 is 0 Å². The van der Waals surface area contributed by atoms with Crippen molar-refractivity contribution in [2.75, 3.05) is 0 Å². The number of imidazole rings is 1. The second kappa shape index (κ2) is 12.5. The molecule has 0 bridgehead atoms. The third kappa shape index (κ3) is 5.30. The zero-order valence-corrected chi connectivity index (χ0v) is 36.2.